The van der Waals surface area contributed by atoms with Crippen LogP contribution in [0.1, 0.15) is 6.92 Å². The summed E-state index contributed by atoms with van der Waals surface area (Å²) in [5.74, 6) is -2.58. The smallest absolute Gasteiger partial charge is 0.475 e. The number of carboxylic acids is 1. The van der Waals surface area contributed by atoms with E-state index in [2.05, 4.69) is 10.7 Å². The van der Waals surface area contributed by atoms with Gasteiger partial charge in [-0.2, -0.15) is 13.2 Å². The molecule has 1 atom stereocenters. The average Bonchev–Trinajstić information content (AvgIpc) is 2.24. The quantitative estimate of drug-likeness (QED) is 0.346. The highest BCUT2D eigenvalue weighted by Crippen LogP contribution is 2.13. The number of nitrogens with two attached hydrogens (primary N) is 2. The monoisotopic (exact) mass is 284 g/mol. The van der Waals surface area contributed by atoms with Crippen LogP contribution in [0.15, 0.2) is 0 Å². The first-order chi connectivity index (χ1) is 8.37. The lowest BCUT2D eigenvalue weighted by atomic mass is 10.0. The number of hydrogen-bond acceptors (Lipinski definition) is 5. The largest absolute Gasteiger partial charge is 0.490 e. The summed E-state index contributed by atoms with van der Waals surface area (Å²) in [5, 5.41) is 7.12. The van der Waals surface area contributed by atoms with Crippen LogP contribution in [0, 0.1) is 12.3 Å². The SMILES string of the molecule is C#CCOC(=O)[C@](C)(N)C(N)=O.O=C(O)C(F)(F)F. The minimum absolute atomic E-state index is 0.223. The lowest BCUT2D eigenvalue weighted by Crippen LogP contribution is -2.56. The maximum absolute atomic E-state index is 10.9. The van der Waals surface area contributed by atoms with E-state index in [0.29, 0.717) is 0 Å². The number of alkyl halides is 3. The number of aliphatic carboxylic acids is 1. The summed E-state index contributed by atoms with van der Waals surface area (Å²) < 4.78 is 36.2. The number of primary amides is 1. The van der Waals surface area contributed by atoms with Crippen LogP contribution < -0.4 is 11.5 Å². The highest BCUT2D eigenvalue weighted by molar-refractivity contribution is 6.05. The number of halogens is 3. The van der Waals surface area contributed by atoms with E-state index >= 15 is 0 Å². The predicted molar refractivity (Wildman–Crippen MR) is 55.3 cm³/mol. The predicted octanol–water partition coefficient (Wildman–Crippen LogP) is -1.00. The number of ether oxygens (including phenoxy) is 1. The van der Waals surface area contributed by atoms with Crippen molar-refractivity contribution in [3.8, 4) is 12.3 Å². The number of carboxylic acid groups (broad SMARTS) is 1. The number of carbonyl (C=O) groups excluding carboxylic acids is 2. The molecule has 0 aromatic rings. The summed E-state index contributed by atoms with van der Waals surface area (Å²) in [6, 6.07) is 0. The van der Waals surface area contributed by atoms with Gasteiger partial charge in [0.15, 0.2) is 12.1 Å². The van der Waals surface area contributed by atoms with Gasteiger partial charge in [-0.15, -0.1) is 6.42 Å². The number of hydrogen-bond donors (Lipinski definition) is 3. The van der Waals surface area contributed by atoms with Crippen molar-refractivity contribution in [3.63, 3.8) is 0 Å². The number of rotatable bonds is 3. The van der Waals surface area contributed by atoms with E-state index in [9.17, 15) is 22.8 Å². The molecular formula is C9H11F3N2O5. The first kappa shape index (κ1) is 19.1. The minimum atomic E-state index is -5.08. The zero-order valence-corrected chi connectivity index (χ0v) is 9.65. The molecule has 0 aliphatic heterocycles. The fourth-order valence-corrected chi connectivity index (χ4v) is 0.358. The molecule has 0 aliphatic carbocycles. The van der Waals surface area contributed by atoms with Gasteiger partial charge in [0.25, 0.3) is 0 Å². The van der Waals surface area contributed by atoms with Gasteiger partial charge in [0.1, 0.15) is 0 Å². The third-order valence-corrected chi connectivity index (χ3v) is 1.46. The van der Waals surface area contributed by atoms with Crippen LogP contribution in [0.5, 0.6) is 0 Å². The van der Waals surface area contributed by atoms with Gasteiger partial charge in [0.2, 0.25) is 5.91 Å². The molecule has 0 bridgehead atoms. The zero-order valence-electron chi connectivity index (χ0n) is 9.65. The van der Waals surface area contributed by atoms with Gasteiger partial charge < -0.3 is 21.3 Å². The van der Waals surface area contributed by atoms with Gasteiger partial charge in [-0.05, 0) is 6.92 Å². The standard InChI is InChI=1S/C7H10N2O3.C2HF3O2/c1-3-4-12-6(11)7(2,9)5(8)10;3-2(4,5)1(6)7/h1H,4,9H2,2H3,(H2,8,10);(H,6,7)/t7-;/m1./s1. The molecule has 0 heterocycles. The molecule has 0 saturated carbocycles. The second-order valence-corrected chi connectivity index (χ2v) is 3.15. The second-order valence-electron chi connectivity index (χ2n) is 3.15. The van der Waals surface area contributed by atoms with Crippen LogP contribution in [0.3, 0.4) is 0 Å². The highest BCUT2D eigenvalue weighted by Gasteiger charge is 2.38. The lowest BCUT2D eigenvalue weighted by Gasteiger charge is -2.17. The van der Waals surface area contributed by atoms with Crippen molar-refractivity contribution in [1.82, 2.24) is 0 Å². The van der Waals surface area contributed by atoms with E-state index in [-0.39, 0.29) is 6.61 Å². The maximum Gasteiger partial charge on any atom is 0.490 e. The molecule has 7 nitrogen and oxygen atoms in total. The van der Waals surface area contributed by atoms with Gasteiger partial charge in [-0.1, -0.05) is 5.92 Å². The Hall–Kier alpha value is -2.28. The average molecular weight is 284 g/mol. The third-order valence-electron chi connectivity index (χ3n) is 1.46. The molecule has 10 heteroatoms. The van der Waals surface area contributed by atoms with Crippen LogP contribution in [-0.4, -0.2) is 41.3 Å². The van der Waals surface area contributed by atoms with Crippen LogP contribution in [0.25, 0.3) is 0 Å². The summed E-state index contributed by atoms with van der Waals surface area (Å²) in [7, 11) is 0. The van der Waals surface area contributed by atoms with Crippen LogP contribution >= 0.6 is 0 Å². The fourth-order valence-electron chi connectivity index (χ4n) is 0.358. The summed E-state index contributed by atoms with van der Waals surface area (Å²) in [5.41, 5.74) is 8.24. The molecule has 0 spiro atoms. The van der Waals surface area contributed by atoms with Crippen molar-refractivity contribution in [2.24, 2.45) is 11.5 Å². The second kappa shape index (κ2) is 7.22. The van der Waals surface area contributed by atoms with Crippen molar-refractivity contribution in [1.29, 1.82) is 0 Å². The molecule has 0 fully saturated rings. The number of esters is 1. The van der Waals surface area contributed by atoms with Crippen LogP contribution in [-0.2, 0) is 19.1 Å². The molecule has 0 unspecified atom stereocenters. The zero-order chi connectivity index (χ0) is 15.9. The normalized spacial score (nSPS) is 13.1. The maximum atomic E-state index is 10.9. The van der Waals surface area contributed by atoms with E-state index in [1.807, 2.05) is 0 Å². The molecule has 0 aliphatic rings. The lowest BCUT2D eigenvalue weighted by molar-refractivity contribution is -0.192. The van der Waals surface area contributed by atoms with Gasteiger partial charge >= 0.3 is 18.1 Å². The van der Waals surface area contributed by atoms with Crippen molar-refractivity contribution in [2.75, 3.05) is 6.61 Å². The van der Waals surface area contributed by atoms with Gasteiger partial charge in [-0.25, -0.2) is 9.59 Å². The first-order valence-corrected chi connectivity index (χ1v) is 4.37. The number of carbonyl (C=O) groups is 3. The van der Waals surface area contributed by atoms with Crippen molar-refractivity contribution >= 4 is 17.8 Å². The molecule has 0 rings (SSSR count). The molecule has 0 saturated heterocycles. The molecule has 108 valence electrons. The number of amides is 1. The van der Waals surface area contributed by atoms with Gasteiger partial charge in [0, 0.05) is 0 Å². The highest BCUT2D eigenvalue weighted by atomic mass is 19.4. The van der Waals surface area contributed by atoms with Gasteiger partial charge in [-0.3, -0.25) is 4.79 Å². The first-order valence-electron chi connectivity index (χ1n) is 4.37. The van der Waals surface area contributed by atoms with E-state index in [1.54, 1.807) is 0 Å². The summed E-state index contributed by atoms with van der Waals surface area (Å²) >= 11 is 0. The van der Waals surface area contributed by atoms with Crippen LogP contribution in [0.4, 0.5) is 13.2 Å². The van der Waals surface area contributed by atoms with Crippen molar-refractivity contribution in [3.05, 3.63) is 0 Å². The molecule has 0 aromatic heterocycles. The molecule has 0 aromatic carbocycles. The third kappa shape index (κ3) is 7.61. The topological polar surface area (TPSA) is 133 Å². The van der Waals surface area contributed by atoms with Gasteiger partial charge in [0.05, 0.1) is 0 Å². The summed E-state index contributed by atoms with van der Waals surface area (Å²) in [6.45, 7) is 0.938. The summed E-state index contributed by atoms with van der Waals surface area (Å²) in [4.78, 5) is 30.4. The van der Waals surface area contributed by atoms with Crippen molar-refractivity contribution < 1.29 is 37.4 Å². The van der Waals surface area contributed by atoms with E-state index < -0.39 is 29.6 Å². The Balaban J connectivity index is 0. The molecular weight excluding hydrogens is 273 g/mol. The van der Waals surface area contributed by atoms with Crippen molar-refractivity contribution in [2.45, 2.75) is 18.6 Å². The molecule has 5 N–H and O–H groups in total. The van der Waals surface area contributed by atoms with E-state index in [4.69, 9.17) is 27.8 Å². The Morgan fingerprint density at radius 3 is 1.95 bits per heavy atom. The Kier molecular flexibility index (Phi) is 7.25. The molecule has 0 radical (unpaired) electrons. The Bertz CT molecular complexity index is 398. The van der Waals surface area contributed by atoms with E-state index in [0.717, 1.165) is 6.92 Å². The Labute approximate surface area is 105 Å². The minimum Gasteiger partial charge on any atom is -0.475 e. The fraction of sp³-hybridized carbons (Fsp3) is 0.444. The van der Waals surface area contributed by atoms with Crippen LogP contribution in [0.2, 0.25) is 0 Å². The Morgan fingerprint density at radius 1 is 1.37 bits per heavy atom. The molecule has 19 heavy (non-hydrogen) atoms. The molecule has 1 amide bonds. The summed E-state index contributed by atoms with van der Waals surface area (Å²) in [6.07, 6.45) is -0.271. The van der Waals surface area contributed by atoms with E-state index in [1.165, 1.54) is 0 Å². The number of terminal acetylenes is 1. The Morgan fingerprint density at radius 2 is 1.74 bits per heavy atom.